The normalized spacial score (nSPS) is 24.1. The Hall–Kier alpha value is -0.470. The first-order valence-corrected chi connectivity index (χ1v) is 8.34. The molecule has 0 amide bonds. The second kappa shape index (κ2) is 6.12. The first-order chi connectivity index (χ1) is 8.90. The van der Waals surface area contributed by atoms with Gasteiger partial charge in [-0.1, -0.05) is 18.6 Å². The van der Waals surface area contributed by atoms with Crippen molar-refractivity contribution in [2.24, 2.45) is 5.92 Å². The molecule has 2 heteroatoms. The van der Waals surface area contributed by atoms with Gasteiger partial charge in [-0.05, 0) is 62.3 Å². The average molecular weight is 261 g/mol. The van der Waals surface area contributed by atoms with Crippen LogP contribution in [0.2, 0.25) is 0 Å². The Labute approximate surface area is 115 Å². The van der Waals surface area contributed by atoms with Crippen molar-refractivity contribution in [1.29, 1.82) is 0 Å². The zero-order chi connectivity index (χ0) is 12.2. The van der Waals surface area contributed by atoms with Crippen molar-refractivity contribution in [3.63, 3.8) is 0 Å². The summed E-state index contributed by atoms with van der Waals surface area (Å²) < 4.78 is 0. The largest absolute Gasteiger partial charge is 0.314 e. The standard InChI is InChI=1S/C16H23NS/c1-2-10-17-15(3-1)11-13-6-8-16(9-7-13)18-12-14-4-5-14/h6-9,14-15,17H,1-5,10-12H2. The Kier molecular flexibility index (Phi) is 4.27. The Morgan fingerprint density at radius 1 is 1.06 bits per heavy atom. The zero-order valence-corrected chi connectivity index (χ0v) is 11.8. The summed E-state index contributed by atoms with van der Waals surface area (Å²) in [5.74, 6) is 2.34. The third-order valence-corrected chi connectivity index (χ3v) is 5.24. The van der Waals surface area contributed by atoms with Crippen molar-refractivity contribution >= 4 is 11.8 Å². The van der Waals surface area contributed by atoms with Crippen LogP contribution in [0, 0.1) is 5.92 Å². The molecule has 1 unspecified atom stereocenters. The Balaban J connectivity index is 1.49. The average Bonchev–Trinajstić information content (AvgIpc) is 3.23. The third kappa shape index (κ3) is 3.76. The minimum atomic E-state index is 0.712. The predicted molar refractivity (Wildman–Crippen MR) is 79.2 cm³/mol. The van der Waals surface area contributed by atoms with Crippen molar-refractivity contribution in [2.75, 3.05) is 12.3 Å². The third-order valence-electron chi connectivity index (χ3n) is 4.00. The Bertz CT molecular complexity index is 363. The number of benzene rings is 1. The van der Waals surface area contributed by atoms with Gasteiger partial charge in [-0.25, -0.2) is 0 Å². The molecule has 0 aromatic heterocycles. The monoisotopic (exact) mass is 261 g/mol. The minimum absolute atomic E-state index is 0.712. The smallest absolute Gasteiger partial charge is 0.0107 e. The van der Waals surface area contributed by atoms with E-state index in [2.05, 4.69) is 29.6 Å². The maximum Gasteiger partial charge on any atom is 0.0107 e. The first-order valence-electron chi connectivity index (χ1n) is 7.35. The summed E-state index contributed by atoms with van der Waals surface area (Å²) in [6.07, 6.45) is 8.21. The molecule has 1 heterocycles. The number of nitrogens with one attached hydrogen (secondary N) is 1. The fraction of sp³-hybridized carbons (Fsp3) is 0.625. The molecular weight excluding hydrogens is 238 g/mol. The van der Waals surface area contributed by atoms with Crippen molar-refractivity contribution in [1.82, 2.24) is 5.32 Å². The lowest BCUT2D eigenvalue weighted by atomic mass is 9.98. The Morgan fingerprint density at radius 3 is 2.56 bits per heavy atom. The molecule has 18 heavy (non-hydrogen) atoms. The highest BCUT2D eigenvalue weighted by Gasteiger charge is 2.21. The van der Waals surface area contributed by atoms with Gasteiger partial charge in [0.2, 0.25) is 0 Å². The molecule has 2 aliphatic rings. The number of hydrogen-bond donors (Lipinski definition) is 1. The van der Waals surface area contributed by atoms with Gasteiger partial charge in [0.05, 0.1) is 0 Å². The highest BCUT2D eigenvalue weighted by Crippen LogP contribution is 2.35. The van der Waals surface area contributed by atoms with E-state index in [0.717, 1.165) is 5.92 Å². The van der Waals surface area contributed by atoms with Gasteiger partial charge in [0.15, 0.2) is 0 Å². The van der Waals surface area contributed by atoms with E-state index in [4.69, 9.17) is 0 Å². The number of rotatable bonds is 5. The summed E-state index contributed by atoms with van der Waals surface area (Å²) in [5, 5.41) is 3.63. The summed E-state index contributed by atoms with van der Waals surface area (Å²) in [4.78, 5) is 1.45. The molecule has 1 aromatic rings. The maximum atomic E-state index is 3.63. The molecule has 1 atom stereocenters. The molecule has 1 nitrogen and oxygen atoms in total. The molecule has 1 N–H and O–H groups in total. The van der Waals surface area contributed by atoms with Crippen LogP contribution >= 0.6 is 11.8 Å². The molecule has 98 valence electrons. The van der Waals surface area contributed by atoms with Crippen molar-refractivity contribution in [3.05, 3.63) is 29.8 Å². The van der Waals surface area contributed by atoms with Gasteiger partial charge in [-0.2, -0.15) is 0 Å². The lowest BCUT2D eigenvalue weighted by Gasteiger charge is -2.23. The summed E-state index contributed by atoms with van der Waals surface area (Å²) in [6, 6.07) is 9.98. The molecular formula is C16H23NS. The fourth-order valence-corrected chi connectivity index (χ4v) is 3.69. The van der Waals surface area contributed by atoms with Gasteiger partial charge in [0, 0.05) is 16.7 Å². The number of hydrogen-bond acceptors (Lipinski definition) is 2. The molecule has 0 spiro atoms. The zero-order valence-electron chi connectivity index (χ0n) is 11.0. The highest BCUT2D eigenvalue weighted by molar-refractivity contribution is 7.99. The van der Waals surface area contributed by atoms with E-state index >= 15 is 0 Å². The van der Waals surface area contributed by atoms with E-state index in [1.807, 2.05) is 11.8 Å². The number of piperidine rings is 1. The molecule has 1 saturated heterocycles. The van der Waals surface area contributed by atoms with Crippen molar-refractivity contribution in [2.45, 2.75) is 49.5 Å². The summed E-state index contributed by atoms with van der Waals surface area (Å²) in [5.41, 5.74) is 1.49. The van der Waals surface area contributed by atoms with E-state index in [1.165, 1.54) is 61.3 Å². The van der Waals surface area contributed by atoms with Crippen LogP contribution in [0.15, 0.2) is 29.2 Å². The topological polar surface area (TPSA) is 12.0 Å². The van der Waals surface area contributed by atoms with Crippen LogP contribution < -0.4 is 5.32 Å². The molecule has 0 radical (unpaired) electrons. The second-order valence-corrected chi connectivity index (χ2v) is 6.84. The second-order valence-electron chi connectivity index (χ2n) is 5.75. The van der Waals surface area contributed by atoms with Gasteiger partial charge in [0.1, 0.15) is 0 Å². The molecule has 1 aromatic carbocycles. The quantitative estimate of drug-likeness (QED) is 0.807. The van der Waals surface area contributed by atoms with E-state index in [1.54, 1.807) is 0 Å². The minimum Gasteiger partial charge on any atom is -0.314 e. The van der Waals surface area contributed by atoms with Gasteiger partial charge < -0.3 is 5.32 Å². The molecule has 2 fully saturated rings. The lowest BCUT2D eigenvalue weighted by molar-refractivity contribution is 0.399. The van der Waals surface area contributed by atoms with Crippen LogP contribution in [0.4, 0.5) is 0 Å². The number of thioether (sulfide) groups is 1. The van der Waals surface area contributed by atoms with E-state index in [0.29, 0.717) is 6.04 Å². The summed E-state index contributed by atoms with van der Waals surface area (Å²) in [7, 11) is 0. The molecule has 1 saturated carbocycles. The molecule has 1 aliphatic heterocycles. The lowest BCUT2D eigenvalue weighted by Crippen LogP contribution is -2.35. The maximum absolute atomic E-state index is 3.63. The van der Waals surface area contributed by atoms with Crippen molar-refractivity contribution < 1.29 is 0 Å². The van der Waals surface area contributed by atoms with Gasteiger partial charge in [-0.3, -0.25) is 0 Å². The van der Waals surface area contributed by atoms with Crippen LogP contribution in [0.3, 0.4) is 0 Å². The van der Waals surface area contributed by atoms with E-state index in [-0.39, 0.29) is 0 Å². The molecule has 3 rings (SSSR count). The SMILES string of the molecule is c1cc(SCC2CC2)ccc1CC1CCCCN1. The van der Waals surface area contributed by atoms with Crippen LogP contribution in [-0.2, 0) is 6.42 Å². The molecule has 1 aliphatic carbocycles. The summed E-state index contributed by atoms with van der Waals surface area (Å²) in [6.45, 7) is 1.21. The predicted octanol–water partition coefficient (Wildman–Crippen LogP) is 3.87. The Morgan fingerprint density at radius 2 is 1.89 bits per heavy atom. The van der Waals surface area contributed by atoms with Gasteiger partial charge in [-0.15, -0.1) is 11.8 Å². The van der Waals surface area contributed by atoms with Gasteiger partial charge in [0.25, 0.3) is 0 Å². The summed E-state index contributed by atoms with van der Waals surface area (Å²) >= 11 is 2.03. The molecule has 0 bridgehead atoms. The van der Waals surface area contributed by atoms with Gasteiger partial charge >= 0.3 is 0 Å². The fourth-order valence-electron chi connectivity index (χ4n) is 2.60. The first kappa shape index (κ1) is 12.6. The van der Waals surface area contributed by atoms with Crippen LogP contribution in [0.1, 0.15) is 37.7 Å². The van der Waals surface area contributed by atoms with Crippen molar-refractivity contribution in [3.8, 4) is 0 Å². The van der Waals surface area contributed by atoms with Crippen LogP contribution in [0.25, 0.3) is 0 Å². The van der Waals surface area contributed by atoms with Crippen LogP contribution in [0.5, 0.6) is 0 Å². The van der Waals surface area contributed by atoms with E-state index in [9.17, 15) is 0 Å². The highest BCUT2D eigenvalue weighted by atomic mass is 32.2. The van der Waals surface area contributed by atoms with E-state index < -0.39 is 0 Å². The van der Waals surface area contributed by atoms with Crippen LogP contribution in [-0.4, -0.2) is 18.3 Å².